The van der Waals surface area contributed by atoms with Crippen molar-refractivity contribution in [2.75, 3.05) is 12.4 Å². The summed E-state index contributed by atoms with van der Waals surface area (Å²) in [5.74, 6) is 0.642. The summed E-state index contributed by atoms with van der Waals surface area (Å²) in [6.07, 6.45) is 5.29. The lowest BCUT2D eigenvalue weighted by Gasteiger charge is -2.11. The Kier molecular flexibility index (Phi) is 5.84. The number of nitrogens with zero attached hydrogens (tertiary/aromatic N) is 2. The van der Waals surface area contributed by atoms with Crippen LogP contribution < -0.4 is 10.1 Å². The van der Waals surface area contributed by atoms with E-state index in [1.54, 1.807) is 7.11 Å². The molecule has 0 saturated carbocycles. The number of methoxy groups -OCH3 is 1. The summed E-state index contributed by atoms with van der Waals surface area (Å²) in [6.45, 7) is 5.13. The molecule has 186 valence electrons. The van der Waals surface area contributed by atoms with Crippen LogP contribution in [0.1, 0.15) is 40.0 Å². The van der Waals surface area contributed by atoms with Gasteiger partial charge in [0.25, 0.3) is 5.91 Å². The predicted octanol–water partition coefficient (Wildman–Crippen LogP) is 7.29. The quantitative estimate of drug-likeness (QED) is 0.282. The van der Waals surface area contributed by atoms with E-state index in [1.807, 2.05) is 24.3 Å². The Labute approximate surface area is 217 Å². The summed E-state index contributed by atoms with van der Waals surface area (Å²) in [4.78, 5) is 14.0. The zero-order chi connectivity index (χ0) is 25.5. The summed E-state index contributed by atoms with van der Waals surface area (Å²) in [6, 6.07) is 24.7. The van der Waals surface area contributed by atoms with Crippen molar-refractivity contribution < 1.29 is 9.53 Å². The van der Waals surface area contributed by atoms with E-state index in [2.05, 4.69) is 82.9 Å². The van der Waals surface area contributed by atoms with E-state index in [0.29, 0.717) is 5.69 Å². The number of anilines is 1. The number of carbonyl (C=O) groups excluding carboxylic acids is 1. The van der Waals surface area contributed by atoms with Gasteiger partial charge in [-0.3, -0.25) is 9.20 Å². The lowest BCUT2D eigenvalue weighted by atomic mass is 9.97. The molecule has 37 heavy (non-hydrogen) atoms. The molecule has 5 nitrogen and oxygen atoms in total. The van der Waals surface area contributed by atoms with Gasteiger partial charge in [0, 0.05) is 29.6 Å². The topological polar surface area (TPSA) is 47.7 Å². The fourth-order valence-corrected chi connectivity index (χ4v) is 5.46. The molecule has 0 bridgehead atoms. The van der Waals surface area contributed by atoms with Crippen LogP contribution in [0.25, 0.3) is 28.0 Å². The lowest BCUT2D eigenvalue weighted by molar-refractivity contribution is 0.102. The van der Waals surface area contributed by atoms with E-state index in [0.717, 1.165) is 59.7 Å². The Morgan fingerprint density at radius 1 is 0.838 bits per heavy atom. The smallest absolute Gasteiger partial charge is 0.273 e. The van der Waals surface area contributed by atoms with Crippen molar-refractivity contribution in [1.29, 1.82) is 0 Å². The van der Waals surface area contributed by atoms with Crippen LogP contribution in [0.3, 0.4) is 0 Å². The van der Waals surface area contributed by atoms with Gasteiger partial charge < -0.3 is 14.6 Å². The molecule has 0 radical (unpaired) electrons. The molecule has 0 fully saturated rings. The maximum absolute atomic E-state index is 14.0. The molecule has 0 spiro atoms. The fraction of sp³-hybridized carbons (Fsp3) is 0.219. The maximum Gasteiger partial charge on any atom is 0.273 e. The molecule has 1 aliphatic heterocycles. The number of ether oxygens (including phenoxy) is 1. The number of amides is 1. The number of rotatable bonds is 5. The third-order valence-electron chi connectivity index (χ3n) is 7.38. The fourth-order valence-electron chi connectivity index (χ4n) is 5.46. The van der Waals surface area contributed by atoms with Gasteiger partial charge >= 0.3 is 0 Å². The number of hydrogen-bond acceptors (Lipinski definition) is 2. The summed E-state index contributed by atoms with van der Waals surface area (Å²) in [5, 5.41) is 3.15. The van der Waals surface area contributed by atoms with Gasteiger partial charge in [-0.05, 0) is 68.5 Å². The van der Waals surface area contributed by atoms with Gasteiger partial charge in [-0.1, -0.05) is 59.7 Å². The lowest BCUT2D eigenvalue weighted by Crippen LogP contribution is -2.15. The Balaban J connectivity index is 1.57. The summed E-state index contributed by atoms with van der Waals surface area (Å²) in [5.41, 5.74) is 10.7. The normalized spacial score (nSPS) is 12.9. The van der Waals surface area contributed by atoms with Crippen LogP contribution in [0.2, 0.25) is 0 Å². The molecule has 0 unspecified atom stereocenters. The van der Waals surface area contributed by atoms with Gasteiger partial charge in [-0.25, -0.2) is 0 Å². The van der Waals surface area contributed by atoms with Crippen molar-refractivity contribution in [3.05, 3.63) is 101 Å². The van der Waals surface area contributed by atoms with Crippen LogP contribution in [0.5, 0.6) is 5.75 Å². The molecule has 0 atom stereocenters. The molecular weight excluding hydrogens is 458 g/mol. The third-order valence-corrected chi connectivity index (χ3v) is 7.38. The van der Waals surface area contributed by atoms with E-state index in [4.69, 9.17) is 4.74 Å². The number of benzene rings is 3. The molecule has 6 rings (SSSR count). The molecule has 1 amide bonds. The summed E-state index contributed by atoms with van der Waals surface area (Å²) < 4.78 is 9.83. The molecule has 2 aromatic heterocycles. The van der Waals surface area contributed by atoms with Crippen LogP contribution >= 0.6 is 0 Å². The molecule has 0 saturated heterocycles. The van der Waals surface area contributed by atoms with Gasteiger partial charge in [0.05, 0.1) is 12.8 Å². The number of nitrogens with one attached hydrogen (secondary N) is 1. The van der Waals surface area contributed by atoms with Gasteiger partial charge in [-0.2, -0.15) is 0 Å². The largest absolute Gasteiger partial charge is 0.497 e. The number of aryl methyl sites for hydroxylation is 4. The number of imidazole rings is 1. The zero-order valence-corrected chi connectivity index (χ0v) is 21.5. The van der Waals surface area contributed by atoms with E-state index >= 15 is 0 Å². The molecule has 1 N–H and O–H groups in total. The van der Waals surface area contributed by atoms with Crippen LogP contribution in [-0.4, -0.2) is 22.0 Å². The first-order chi connectivity index (χ1) is 18.0. The summed E-state index contributed by atoms with van der Waals surface area (Å²) >= 11 is 0. The monoisotopic (exact) mass is 489 g/mol. The first kappa shape index (κ1) is 23.2. The molecule has 0 aliphatic carbocycles. The highest BCUT2D eigenvalue weighted by Gasteiger charge is 2.29. The zero-order valence-electron chi connectivity index (χ0n) is 21.5. The summed E-state index contributed by atoms with van der Waals surface area (Å²) in [7, 11) is 1.64. The van der Waals surface area contributed by atoms with Gasteiger partial charge in [0.1, 0.15) is 17.1 Å². The van der Waals surface area contributed by atoms with Crippen molar-refractivity contribution in [2.45, 2.75) is 39.7 Å². The van der Waals surface area contributed by atoms with E-state index in [-0.39, 0.29) is 5.91 Å². The highest BCUT2D eigenvalue weighted by atomic mass is 16.5. The van der Waals surface area contributed by atoms with E-state index < -0.39 is 0 Å². The van der Waals surface area contributed by atoms with Crippen molar-refractivity contribution in [1.82, 2.24) is 8.97 Å². The second kappa shape index (κ2) is 9.32. The molecule has 3 heterocycles. The Morgan fingerprint density at radius 3 is 2.14 bits per heavy atom. The molecule has 5 aromatic rings. The van der Waals surface area contributed by atoms with Crippen LogP contribution in [0.15, 0.2) is 79.0 Å². The van der Waals surface area contributed by atoms with Crippen LogP contribution in [-0.2, 0) is 13.0 Å². The van der Waals surface area contributed by atoms with Crippen molar-refractivity contribution in [3.8, 4) is 28.1 Å². The standard InChI is InChI=1S/C32H31N3O2/c1-21-7-11-23(12-8-21)28-20-35-30(31(36)33-25-15-17-26(37-3)18-16-25)29(24-13-9-22(2)10-14-24)27-6-4-5-19-34(28)32(27)35/h7-18,20H,4-6,19H2,1-3H3,(H,33,36). The number of aromatic nitrogens is 2. The number of hydrogen-bond donors (Lipinski definition) is 1. The highest BCUT2D eigenvalue weighted by molar-refractivity contribution is 6.10. The third kappa shape index (κ3) is 4.10. The Hall–Kier alpha value is -4.25. The minimum atomic E-state index is -0.116. The average molecular weight is 490 g/mol. The van der Waals surface area contributed by atoms with E-state index in [1.165, 1.54) is 22.3 Å². The minimum Gasteiger partial charge on any atom is -0.497 e. The first-order valence-electron chi connectivity index (χ1n) is 12.9. The van der Waals surface area contributed by atoms with Crippen LogP contribution in [0.4, 0.5) is 5.69 Å². The second-order valence-corrected chi connectivity index (χ2v) is 9.93. The minimum absolute atomic E-state index is 0.116. The first-order valence-corrected chi connectivity index (χ1v) is 12.9. The van der Waals surface area contributed by atoms with Crippen molar-refractivity contribution in [2.24, 2.45) is 0 Å². The second-order valence-electron chi connectivity index (χ2n) is 9.93. The van der Waals surface area contributed by atoms with Gasteiger partial charge in [0.15, 0.2) is 0 Å². The Morgan fingerprint density at radius 2 is 1.49 bits per heavy atom. The molecule has 3 aromatic carbocycles. The average Bonchev–Trinajstić information content (AvgIpc) is 3.33. The highest BCUT2D eigenvalue weighted by Crippen LogP contribution is 2.40. The predicted molar refractivity (Wildman–Crippen MR) is 150 cm³/mol. The SMILES string of the molecule is COc1ccc(NC(=O)c2c(-c3ccc(C)cc3)c3c4n(c(-c5ccc(C)cc5)cn24)CCCC3)cc1. The Bertz CT molecular complexity index is 1590. The molecule has 5 heteroatoms. The van der Waals surface area contributed by atoms with Crippen molar-refractivity contribution in [3.63, 3.8) is 0 Å². The maximum atomic E-state index is 14.0. The van der Waals surface area contributed by atoms with Crippen LogP contribution in [0, 0.1) is 13.8 Å². The molecule has 1 aliphatic rings. The molecular formula is C32H31N3O2. The van der Waals surface area contributed by atoms with E-state index in [9.17, 15) is 4.79 Å². The van der Waals surface area contributed by atoms with Gasteiger partial charge in [-0.15, -0.1) is 0 Å². The number of carbonyl (C=O) groups is 1. The van der Waals surface area contributed by atoms with Gasteiger partial charge in [0.2, 0.25) is 0 Å². The van der Waals surface area contributed by atoms with Crippen molar-refractivity contribution >= 4 is 17.2 Å².